The summed E-state index contributed by atoms with van der Waals surface area (Å²) < 4.78 is 25.0. The largest absolute Gasteiger partial charge is 0.508 e. The van der Waals surface area contributed by atoms with Gasteiger partial charge >= 0.3 is 0 Å². The van der Waals surface area contributed by atoms with Gasteiger partial charge in [0.25, 0.3) is 0 Å². The van der Waals surface area contributed by atoms with Crippen molar-refractivity contribution >= 4 is 9.84 Å². The Morgan fingerprint density at radius 1 is 1.10 bits per heavy atom. The lowest BCUT2D eigenvalue weighted by molar-refractivity contribution is 0.469. The van der Waals surface area contributed by atoms with Gasteiger partial charge in [-0.25, -0.2) is 8.42 Å². The molecule has 0 aliphatic heterocycles. The lowest BCUT2D eigenvalue weighted by Gasteiger charge is -2.08. The minimum Gasteiger partial charge on any atom is -0.508 e. The maximum absolute atomic E-state index is 12.5. The second kappa shape index (κ2) is 5.51. The Morgan fingerprint density at radius 3 is 2.30 bits per heavy atom. The van der Waals surface area contributed by atoms with E-state index in [0.717, 1.165) is 5.56 Å². The molecule has 0 saturated carbocycles. The fourth-order valence-electron chi connectivity index (χ4n) is 1.90. The number of sulfone groups is 1. The number of aryl methyl sites for hydroxylation is 1. The van der Waals surface area contributed by atoms with Crippen LogP contribution in [0.5, 0.6) is 5.75 Å². The third-order valence-electron chi connectivity index (χ3n) is 3.06. The highest BCUT2D eigenvalue weighted by Crippen LogP contribution is 2.26. The number of rotatable bonds is 4. The first kappa shape index (κ1) is 14.3. The first-order valence-corrected chi connectivity index (χ1v) is 7.68. The molecule has 0 spiro atoms. The van der Waals surface area contributed by atoms with E-state index in [1.54, 1.807) is 30.3 Å². The quantitative estimate of drug-likeness (QED) is 0.879. The fraction of sp³-hybridized carbons (Fsp3) is 0.125. The van der Waals surface area contributed by atoms with Crippen LogP contribution in [-0.4, -0.2) is 13.5 Å². The van der Waals surface area contributed by atoms with Gasteiger partial charge < -0.3 is 5.11 Å². The van der Waals surface area contributed by atoms with Crippen molar-refractivity contribution < 1.29 is 13.5 Å². The lowest BCUT2D eigenvalue weighted by Crippen LogP contribution is -2.02. The van der Waals surface area contributed by atoms with E-state index < -0.39 is 9.84 Å². The average molecular weight is 288 g/mol. The number of phenols is 1. The Morgan fingerprint density at radius 2 is 1.70 bits per heavy atom. The molecule has 1 N–H and O–H groups in total. The summed E-state index contributed by atoms with van der Waals surface area (Å²) in [5, 5.41) is 9.70. The molecule has 0 amide bonds. The van der Waals surface area contributed by atoms with Gasteiger partial charge in [-0.05, 0) is 49.2 Å². The fourth-order valence-corrected chi connectivity index (χ4v) is 3.21. The van der Waals surface area contributed by atoms with Crippen LogP contribution in [0.25, 0.3) is 0 Å². The molecule has 2 aromatic rings. The molecular weight excluding hydrogens is 272 g/mol. The molecule has 0 radical (unpaired) electrons. The van der Waals surface area contributed by atoms with E-state index in [1.807, 2.05) is 6.92 Å². The number of aromatic hydroxyl groups is 1. The molecule has 2 rings (SSSR count). The van der Waals surface area contributed by atoms with Crippen LogP contribution >= 0.6 is 0 Å². The van der Waals surface area contributed by atoms with E-state index in [0.29, 0.717) is 12.0 Å². The molecule has 0 atom stereocenters. The minimum absolute atomic E-state index is 0.0766. The van der Waals surface area contributed by atoms with E-state index in [4.69, 9.17) is 0 Å². The van der Waals surface area contributed by atoms with E-state index in [9.17, 15) is 13.5 Å². The zero-order valence-electron chi connectivity index (χ0n) is 11.2. The van der Waals surface area contributed by atoms with Gasteiger partial charge in [-0.15, -0.1) is 6.58 Å². The third kappa shape index (κ3) is 2.75. The van der Waals surface area contributed by atoms with E-state index in [-0.39, 0.29) is 15.5 Å². The maximum atomic E-state index is 12.5. The van der Waals surface area contributed by atoms with Gasteiger partial charge in [-0.1, -0.05) is 23.8 Å². The van der Waals surface area contributed by atoms with Crippen molar-refractivity contribution in [3.8, 4) is 5.75 Å². The maximum Gasteiger partial charge on any atom is 0.206 e. The summed E-state index contributed by atoms with van der Waals surface area (Å²) in [6, 6.07) is 11.0. The molecule has 0 fully saturated rings. The van der Waals surface area contributed by atoms with E-state index in [1.165, 1.54) is 18.2 Å². The molecule has 0 aromatic heterocycles. The summed E-state index contributed by atoms with van der Waals surface area (Å²) in [7, 11) is -3.56. The van der Waals surface area contributed by atoms with Crippen LogP contribution in [0.1, 0.15) is 11.1 Å². The SMILES string of the molecule is C=CCc1cc(S(=O)(=O)c2ccc(C)cc2)ccc1O. The summed E-state index contributed by atoms with van der Waals surface area (Å²) >= 11 is 0. The zero-order valence-corrected chi connectivity index (χ0v) is 12.0. The van der Waals surface area contributed by atoms with Gasteiger partial charge in [0.1, 0.15) is 5.75 Å². The molecule has 0 saturated heterocycles. The van der Waals surface area contributed by atoms with Crippen molar-refractivity contribution in [1.29, 1.82) is 0 Å². The zero-order chi connectivity index (χ0) is 14.8. The first-order valence-electron chi connectivity index (χ1n) is 6.19. The number of hydrogen-bond acceptors (Lipinski definition) is 3. The summed E-state index contributed by atoms with van der Waals surface area (Å²) in [5.41, 5.74) is 1.55. The van der Waals surface area contributed by atoms with Crippen molar-refractivity contribution in [3.05, 3.63) is 66.2 Å². The molecule has 104 valence electrons. The molecule has 0 bridgehead atoms. The number of phenolic OH excluding ortho intramolecular Hbond substituents is 1. The Balaban J connectivity index is 2.51. The molecule has 0 aliphatic rings. The predicted molar refractivity (Wildman–Crippen MR) is 78.6 cm³/mol. The van der Waals surface area contributed by atoms with E-state index in [2.05, 4.69) is 6.58 Å². The molecule has 0 heterocycles. The normalized spacial score (nSPS) is 11.2. The van der Waals surface area contributed by atoms with Crippen LogP contribution in [0.2, 0.25) is 0 Å². The Hall–Kier alpha value is -2.07. The van der Waals surface area contributed by atoms with Crippen LogP contribution < -0.4 is 0 Å². The van der Waals surface area contributed by atoms with Gasteiger partial charge in [-0.3, -0.25) is 0 Å². The number of allylic oxidation sites excluding steroid dienone is 1. The second-order valence-corrected chi connectivity index (χ2v) is 6.55. The topological polar surface area (TPSA) is 54.4 Å². The number of hydrogen-bond donors (Lipinski definition) is 1. The van der Waals surface area contributed by atoms with Gasteiger partial charge in [0, 0.05) is 0 Å². The standard InChI is InChI=1S/C16H16O3S/c1-3-4-13-11-15(9-10-16(13)17)20(18,19)14-7-5-12(2)6-8-14/h3,5-11,17H,1,4H2,2H3. The summed E-state index contributed by atoms with van der Waals surface area (Å²) in [4.78, 5) is 0.425. The van der Waals surface area contributed by atoms with Crippen molar-refractivity contribution in [1.82, 2.24) is 0 Å². The van der Waals surface area contributed by atoms with Crippen LogP contribution in [0.15, 0.2) is 64.9 Å². The third-order valence-corrected chi connectivity index (χ3v) is 4.82. The minimum atomic E-state index is -3.56. The molecular formula is C16H16O3S. The van der Waals surface area contributed by atoms with Crippen molar-refractivity contribution in [2.75, 3.05) is 0 Å². The summed E-state index contributed by atoms with van der Waals surface area (Å²) in [6.45, 7) is 5.50. The van der Waals surface area contributed by atoms with Crippen LogP contribution in [0.4, 0.5) is 0 Å². The Bertz CT molecular complexity index is 729. The van der Waals surface area contributed by atoms with Gasteiger partial charge in [0.05, 0.1) is 9.79 Å². The molecule has 0 unspecified atom stereocenters. The average Bonchev–Trinajstić information content (AvgIpc) is 2.42. The van der Waals surface area contributed by atoms with Crippen LogP contribution in [-0.2, 0) is 16.3 Å². The highest BCUT2D eigenvalue weighted by Gasteiger charge is 2.18. The van der Waals surface area contributed by atoms with Crippen LogP contribution in [0, 0.1) is 6.92 Å². The van der Waals surface area contributed by atoms with Crippen molar-refractivity contribution in [2.45, 2.75) is 23.1 Å². The summed E-state index contributed by atoms with van der Waals surface area (Å²) in [5.74, 6) is 0.0766. The Labute approximate surface area is 119 Å². The van der Waals surface area contributed by atoms with Gasteiger partial charge in [0.15, 0.2) is 0 Å². The highest BCUT2D eigenvalue weighted by atomic mass is 32.2. The molecule has 2 aromatic carbocycles. The van der Waals surface area contributed by atoms with E-state index >= 15 is 0 Å². The lowest BCUT2D eigenvalue weighted by atomic mass is 10.1. The van der Waals surface area contributed by atoms with Crippen molar-refractivity contribution in [3.63, 3.8) is 0 Å². The first-order chi connectivity index (χ1) is 9.45. The monoisotopic (exact) mass is 288 g/mol. The van der Waals surface area contributed by atoms with Crippen molar-refractivity contribution in [2.24, 2.45) is 0 Å². The van der Waals surface area contributed by atoms with Gasteiger partial charge in [0.2, 0.25) is 9.84 Å². The van der Waals surface area contributed by atoms with Gasteiger partial charge in [-0.2, -0.15) is 0 Å². The summed E-state index contributed by atoms with van der Waals surface area (Å²) in [6.07, 6.45) is 2.04. The second-order valence-electron chi connectivity index (χ2n) is 4.60. The molecule has 20 heavy (non-hydrogen) atoms. The predicted octanol–water partition coefficient (Wildman–Crippen LogP) is 3.26. The molecule has 4 heteroatoms. The molecule has 0 aliphatic carbocycles. The smallest absolute Gasteiger partial charge is 0.206 e. The number of benzene rings is 2. The molecule has 3 nitrogen and oxygen atoms in total. The Kier molecular flexibility index (Phi) is 3.95. The highest BCUT2D eigenvalue weighted by molar-refractivity contribution is 7.91. The van der Waals surface area contributed by atoms with Crippen LogP contribution in [0.3, 0.4) is 0 Å².